The first-order chi connectivity index (χ1) is 17.4. The van der Waals surface area contributed by atoms with Crippen LogP contribution in [-0.2, 0) is 6.54 Å². The van der Waals surface area contributed by atoms with Gasteiger partial charge in [-0.15, -0.1) is 0 Å². The molecular weight excluding hydrogens is 446 g/mol. The number of hydrogen-bond donors (Lipinski definition) is 1. The van der Waals surface area contributed by atoms with Crippen molar-refractivity contribution in [1.82, 2.24) is 14.7 Å². The molecule has 0 radical (unpaired) electrons. The number of nitrogens with zero attached hydrogens (tertiary/aromatic N) is 3. The number of benzene rings is 3. The Balaban J connectivity index is 1.62. The molecule has 0 spiro atoms. The summed E-state index contributed by atoms with van der Waals surface area (Å²) in [6.45, 7) is 12.8. The van der Waals surface area contributed by atoms with Crippen molar-refractivity contribution < 1.29 is 9.90 Å². The molecule has 1 aliphatic rings. The lowest BCUT2D eigenvalue weighted by Gasteiger charge is -2.47. The van der Waals surface area contributed by atoms with Crippen LogP contribution in [0.15, 0.2) is 78.9 Å². The van der Waals surface area contributed by atoms with Crippen LogP contribution >= 0.6 is 0 Å². The Bertz CT molecular complexity index is 1130. The quantitative estimate of drug-likeness (QED) is 0.454. The van der Waals surface area contributed by atoms with Crippen LogP contribution in [-0.4, -0.2) is 64.0 Å². The van der Waals surface area contributed by atoms with Crippen molar-refractivity contribution in [2.24, 2.45) is 0 Å². The Morgan fingerprint density at radius 2 is 1.58 bits per heavy atom. The molecule has 0 unspecified atom stereocenters. The lowest BCUT2D eigenvalue weighted by atomic mass is 9.92. The summed E-state index contributed by atoms with van der Waals surface area (Å²) in [5.74, 6) is 0.339. The van der Waals surface area contributed by atoms with Crippen molar-refractivity contribution >= 4 is 5.91 Å². The van der Waals surface area contributed by atoms with E-state index in [0.717, 1.165) is 30.8 Å². The zero-order valence-electron chi connectivity index (χ0n) is 22.0. The van der Waals surface area contributed by atoms with E-state index in [1.54, 1.807) is 6.07 Å². The molecule has 1 amide bonds. The SMILES string of the molecule is CCN(CC)C(=O)c1ccc([C@H](c2cccc(O)c2)N2C[C@@H](C)N(Cc3ccccc3)C[C@@H]2C)cc1. The van der Waals surface area contributed by atoms with Gasteiger partial charge < -0.3 is 10.0 Å². The maximum atomic E-state index is 12.9. The van der Waals surface area contributed by atoms with Crippen LogP contribution in [0.3, 0.4) is 0 Å². The second kappa shape index (κ2) is 11.7. The molecule has 3 atom stereocenters. The Morgan fingerprint density at radius 1 is 0.889 bits per heavy atom. The summed E-state index contributed by atoms with van der Waals surface area (Å²) in [6, 6.07) is 27.0. The van der Waals surface area contributed by atoms with Crippen molar-refractivity contribution in [1.29, 1.82) is 0 Å². The predicted molar refractivity (Wildman–Crippen MR) is 146 cm³/mol. The second-order valence-electron chi connectivity index (χ2n) is 9.91. The van der Waals surface area contributed by atoms with E-state index in [1.165, 1.54) is 5.56 Å². The molecule has 36 heavy (non-hydrogen) atoms. The first kappa shape index (κ1) is 25.9. The molecule has 190 valence electrons. The minimum absolute atomic E-state index is 0.00830. The van der Waals surface area contributed by atoms with Gasteiger partial charge in [0, 0.05) is 50.4 Å². The Labute approximate surface area is 216 Å². The molecule has 1 N–H and O–H groups in total. The summed E-state index contributed by atoms with van der Waals surface area (Å²) in [6.07, 6.45) is 0. The van der Waals surface area contributed by atoms with Gasteiger partial charge in [-0.2, -0.15) is 0 Å². The molecule has 0 saturated carbocycles. The molecule has 5 nitrogen and oxygen atoms in total. The van der Waals surface area contributed by atoms with Gasteiger partial charge in [0.15, 0.2) is 0 Å². The number of aromatic hydroxyl groups is 1. The van der Waals surface area contributed by atoms with Crippen molar-refractivity contribution in [2.45, 2.75) is 52.4 Å². The monoisotopic (exact) mass is 485 g/mol. The fraction of sp³-hybridized carbons (Fsp3) is 0.387. The maximum absolute atomic E-state index is 12.9. The number of piperazine rings is 1. The molecule has 1 saturated heterocycles. The lowest BCUT2D eigenvalue weighted by Crippen LogP contribution is -2.56. The number of rotatable bonds is 8. The third-order valence-electron chi connectivity index (χ3n) is 7.43. The van der Waals surface area contributed by atoms with Crippen LogP contribution in [0.5, 0.6) is 5.75 Å². The summed E-state index contributed by atoms with van der Waals surface area (Å²) in [4.78, 5) is 19.8. The van der Waals surface area contributed by atoms with Gasteiger partial charge in [-0.25, -0.2) is 0 Å². The zero-order valence-corrected chi connectivity index (χ0v) is 22.0. The largest absolute Gasteiger partial charge is 0.508 e. The summed E-state index contributed by atoms with van der Waals surface area (Å²) >= 11 is 0. The van der Waals surface area contributed by atoms with E-state index < -0.39 is 0 Å². The third-order valence-corrected chi connectivity index (χ3v) is 7.43. The van der Waals surface area contributed by atoms with E-state index in [-0.39, 0.29) is 17.7 Å². The topological polar surface area (TPSA) is 47.0 Å². The van der Waals surface area contributed by atoms with Crippen LogP contribution in [0.25, 0.3) is 0 Å². The van der Waals surface area contributed by atoms with Crippen molar-refractivity contribution in [3.8, 4) is 5.75 Å². The number of amides is 1. The highest BCUT2D eigenvalue weighted by molar-refractivity contribution is 5.94. The second-order valence-corrected chi connectivity index (χ2v) is 9.91. The molecule has 0 aromatic heterocycles. The number of phenols is 1. The van der Waals surface area contributed by atoms with Gasteiger partial charge in [0.1, 0.15) is 5.75 Å². The molecule has 1 fully saturated rings. The average Bonchev–Trinajstić information content (AvgIpc) is 2.89. The Kier molecular flexibility index (Phi) is 8.44. The van der Waals surface area contributed by atoms with E-state index in [4.69, 9.17) is 0 Å². The molecule has 0 bridgehead atoms. The Morgan fingerprint density at radius 3 is 2.22 bits per heavy atom. The van der Waals surface area contributed by atoms with Gasteiger partial charge in [-0.3, -0.25) is 14.6 Å². The molecule has 3 aromatic carbocycles. The molecule has 1 heterocycles. The first-order valence-electron chi connectivity index (χ1n) is 13.1. The molecular formula is C31H39N3O2. The van der Waals surface area contributed by atoms with E-state index in [9.17, 15) is 9.90 Å². The standard InChI is InChI=1S/C31H39N3O2/c1-5-32(6-2)31(36)27-17-15-26(16-18-27)30(28-13-10-14-29(35)19-28)34-21-23(3)33(20-24(34)4)22-25-11-8-7-9-12-25/h7-19,23-24,30,35H,5-6,20-22H2,1-4H3/t23-,24+,30-/m1/s1. The van der Waals surface area contributed by atoms with Crippen LogP contribution < -0.4 is 0 Å². The Hall–Kier alpha value is -3.15. The average molecular weight is 486 g/mol. The van der Waals surface area contributed by atoms with Crippen LogP contribution in [0.1, 0.15) is 60.8 Å². The summed E-state index contributed by atoms with van der Waals surface area (Å²) in [5.41, 5.74) is 4.25. The van der Waals surface area contributed by atoms with Crippen LogP contribution in [0.4, 0.5) is 0 Å². The highest BCUT2D eigenvalue weighted by Gasteiger charge is 2.35. The number of carbonyl (C=O) groups is 1. The van der Waals surface area contributed by atoms with Crippen LogP contribution in [0.2, 0.25) is 0 Å². The van der Waals surface area contributed by atoms with Crippen molar-refractivity contribution in [3.05, 3.63) is 101 Å². The highest BCUT2D eigenvalue weighted by Crippen LogP contribution is 2.35. The van der Waals surface area contributed by atoms with E-state index in [2.05, 4.69) is 72.2 Å². The smallest absolute Gasteiger partial charge is 0.253 e. The van der Waals surface area contributed by atoms with Crippen molar-refractivity contribution in [3.63, 3.8) is 0 Å². The molecule has 3 aromatic rings. The number of phenolic OH excluding ortho intramolecular Hbond substituents is 1. The molecule has 5 heteroatoms. The van der Waals surface area contributed by atoms with Gasteiger partial charge in [0.05, 0.1) is 6.04 Å². The molecule has 0 aliphatic carbocycles. The predicted octanol–water partition coefficient (Wildman–Crippen LogP) is 5.56. The lowest BCUT2D eigenvalue weighted by molar-refractivity contribution is 0.0195. The molecule has 1 aliphatic heterocycles. The van der Waals surface area contributed by atoms with Crippen LogP contribution in [0, 0.1) is 0 Å². The van der Waals surface area contributed by atoms with E-state index >= 15 is 0 Å². The summed E-state index contributed by atoms with van der Waals surface area (Å²) in [5, 5.41) is 10.3. The van der Waals surface area contributed by atoms with Gasteiger partial charge in [-0.05, 0) is 68.7 Å². The van der Waals surface area contributed by atoms with Crippen molar-refractivity contribution in [2.75, 3.05) is 26.2 Å². The summed E-state index contributed by atoms with van der Waals surface area (Å²) in [7, 11) is 0. The fourth-order valence-electron chi connectivity index (χ4n) is 5.39. The highest BCUT2D eigenvalue weighted by atomic mass is 16.3. The zero-order chi connectivity index (χ0) is 25.7. The molecule has 4 rings (SSSR count). The van der Waals surface area contributed by atoms with Gasteiger partial charge in [0.25, 0.3) is 5.91 Å². The maximum Gasteiger partial charge on any atom is 0.253 e. The fourth-order valence-corrected chi connectivity index (χ4v) is 5.39. The minimum Gasteiger partial charge on any atom is -0.508 e. The minimum atomic E-state index is -0.00830. The first-order valence-corrected chi connectivity index (χ1v) is 13.1. The summed E-state index contributed by atoms with van der Waals surface area (Å²) < 4.78 is 0. The van der Waals surface area contributed by atoms with E-state index in [1.807, 2.05) is 43.0 Å². The van der Waals surface area contributed by atoms with E-state index in [0.29, 0.717) is 30.7 Å². The van der Waals surface area contributed by atoms with Gasteiger partial charge >= 0.3 is 0 Å². The van der Waals surface area contributed by atoms with Gasteiger partial charge in [-0.1, -0.05) is 54.6 Å². The van der Waals surface area contributed by atoms with Gasteiger partial charge in [0.2, 0.25) is 0 Å². The number of carbonyl (C=O) groups excluding carboxylic acids is 1. The number of hydrogen-bond acceptors (Lipinski definition) is 4. The normalized spacial score (nSPS) is 19.7. The third kappa shape index (κ3) is 5.80.